The molecule has 1 atom stereocenters. The Kier molecular flexibility index (Phi) is 5.35. The van der Waals surface area contributed by atoms with E-state index in [0.29, 0.717) is 6.54 Å². The molecule has 1 aliphatic heterocycles. The molecule has 1 amide bonds. The zero-order valence-corrected chi connectivity index (χ0v) is 12.5. The van der Waals surface area contributed by atoms with Crippen LogP contribution in [0, 0.1) is 0 Å². The van der Waals surface area contributed by atoms with Crippen molar-refractivity contribution in [3.63, 3.8) is 0 Å². The molecule has 5 nitrogen and oxygen atoms in total. The number of amides is 1. The van der Waals surface area contributed by atoms with Gasteiger partial charge in [-0.2, -0.15) is 0 Å². The first-order valence-electron chi connectivity index (χ1n) is 7.08. The van der Waals surface area contributed by atoms with E-state index in [1.165, 1.54) is 6.42 Å². The van der Waals surface area contributed by atoms with Crippen molar-refractivity contribution in [2.24, 2.45) is 0 Å². The Morgan fingerprint density at radius 2 is 2.00 bits per heavy atom. The standard InChI is InChI=1S/C14H26N2O3/c1-5-15(14(3,4)13(18)19)10-12(17)16-9-7-6-8-11(16)2/h11H,5-10H2,1-4H3,(H,18,19). The molecule has 0 bridgehead atoms. The molecule has 1 unspecified atom stereocenters. The summed E-state index contributed by atoms with van der Waals surface area (Å²) < 4.78 is 0. The van der Waals surface area contributed by atoms with Crippen molar-refractivity contribution in [3.8, 4) is 0 Å². The van der Waals surface area contributed by atoms with Crippen molar-refractivity contribution in [2.45, 2.75) is 58.5 Å². The van der Waals surface area contributed by atoms with Gasteiger partial charge in [0.05, 0.1) is 6.54 Å². The SMILES string of the molecule is CCN(CC(=O)N1CCCCC1C)C(C)(C)C(=O)O. The molecule has 0 radical (unpaired) electrons. The number of carbonyl (C=O) groups excluding carboxylic acids is 1. The van der Waals surface area contributed by atoms with Gasteiger partial charge in [-0.25, -0.2) is 0 Å². The van der Waals surface area contributed by atoms with Crippen molar-refractivity contribution in [3.05, 3.63) is 0 Å². The van der Waals surface area contributed by atoms with Crippen LogP contribution in [0.4, 0.5) is 0 Å². The Morgan fingerprint density at radius 3 is 2.47 bits per heavy atom. The number of nitrogens with zero attached hydrogens (tertiary/aromatic N) is 2. The van der Waals surface area contributed by atoms with E-state index in [9.17, 15) is 14.7 Å². The number of hydrogen-bond acceptors (Lipinski definition) is 3. The molecule has 1 saturated heterocycles. The maximum absolute atomic E-state index is 12.3. The fourth-order valence-corrected chi connectivity index (χ4v) is 2.56. The van der Waals surface area contributed by atoms with Crippen LogP contribution in [0.1, 0.15) is 47.0 Å². The van der Waals surface area contributed by atoms with E-state index < -0.39 is 11.5 Å². The third kappa shape index (κ3) is 3.69. The number of carbonyl (C=O) groups is 2. The van der Waals surface area contributed by atoms with Gasteiger partial charge in [-0.15, -0.1) is 0 Å². The molecule has 1 aliphatic rings. The molecule has 0 saturated carbocycles. The average Bonchev–Trinajstić information content (AvgIpc) is 2.35. The number of carboxylic acids is 1. The van der Waals surface area contributed by atoms with Crippen LogP contribution in [0.2, 0.25) is 0 Å². The summed E-state index contributed by atoms with van der Waals surface area (Å²) in [5.74, 6) is -0.850. The first-order valence-corrected chi connectivity index (χ1v) is 7.08. The fourth-order valence-electron chi connectivity index (χ4n) is 2.56. The number of hydrogen-bond donors (Lipinski definition) is 1. The number of likely N-dealkylation sites (tertiary alicyclic amines) is 1. The highest BCUT2D eigenvalue weighted by molar-refractivity contribution is 5.82. The summed E-state index contributed by atoms with van der Waals surface area (Å²) in [6.07, 6.45) is 3.26. The maximum Gasteiger partial charge on any atom is 0.323 e. The quantitative estimate of drug-likeness (QED) is 0.824. The molecule has 1 rings (SSSR count). The van der Waals surface area contributed by atoms with Crippen LogP contribution in [0.3, 0.4) is 0 Å². The molecule has 19 heavy (non-hydrogen) atoms. The first kappa shape index (κ1) is 16.0. The van der Waals surface area contributed by atoms with Gasteiger partial charge in [0.1, 0.15) is 5.54 Å². The van der Waals surface area contributed by atoms with Crippen molar-refractivity contribution < 1.29 is 14.7 Å². The van der Waals surface area contributed by atoms with E-state index in [-0.39, 0.29) is 18.5 Å². The summed E-state index contributed by atoms with van der Waals surface area (Å²) in [5, 5.41) is 9.25. The summed E-state index contributed by atoms with van der Waals surface area (Å²) in [6.45, 7) is 8.77. The molecule has 1 N–H and O–H groups in total. The van der Waals surface area contributed by atoms with E-state index in [4.69, 9.17) is 0 Å². The highest BCUT2D eigenvalue weighted by atomic mass is 16.4. The lowest BCUT2D eigenvalue weighted by molar-refractivity contribution is -0.151. The van der Waals surface area contributed by atoms with Crippen LogP contribution in [0.5, 0.6) is 0 Å². The van der Waals surface area contributed by atoms with Crippen LogP contribution >= 0.6 is 0 Å². The van der Waals surface area contributed by atoms with Gasteiger partial charge in [-0.05, 0) is 46.6 Å². The number of rotatable bonds is 5. The molecular formula is C14H26N2O3. The molecule has 110 valence electrons. The molecule has 0 aromatic heterocycles. The van der Waals surface area contributed by atoms with E-state index >= 15 is 0 Å². The first-order chi connectivity index (χ1) is 8.80. The van der Waals surface area contributed by atoms with Gasteiger partial charge in [-0.1, -0.05) is 6.92 Å². The second-order valence-corrected chi connectivity index (χ2v) is 5.81. The van der Waals surface area contributed by atoms with Gasteiger partial charge in [-0.3, -0.25) is 14.5 Å². The molecule has 5 heteroatoms. The Labute approximate surface area is 115 Å². The van der Waals surface area contributed by atoms with Crippen LogP contribution in [0.25, 0.3) is 0 Å². The zero-order valence-electron chi connectivity index (χ0n) is 12.5. The van der Waals surface area contributed by atoms with E-state index in [1.54, 1.807) is 18.7 Å². The van der Waals surface area contributed by atoms with Crippen LogP contribution in [0.15, 0.2) is 0 Å². The van der Waals surface area contributed by atoms with Crippen molar-refractivity contribution in [1.29, 1.82) is 0 Å². The third-order valence-electron chi connectivity index (χ3n) is 4.15. The lowest BCUT2D eigenvalue weighted by Gasteiger charge is -2.38. The van der Waals surface area contributed by atoms with Crippen LogP contribution in [-0.4, -0.2) is 58.0 Å². The van der Waals surface area contributed by atoms with Crippen molar-refractivity contribution >= 4 is 11.9 Å². The second-order valence-electron chi connectivity index (χ2n) is 5.81. The van der Waals surface area contributed by atoms with Gasteiger partial charge in [0.25, 0.3) is 0 Å². The Hall–Kier alpha value is -1.10. The lowest BCUT2D eigenvalue weighted by atomic mass is 10.0. The monoisotopic (exact) mass is 270 g/mol. The summed E-state index contributed by atoms with van der Waals surface area (Å²) >= 11 is 0. The molecule has 0 aromatic carbocycles. The second kappa shape index (κ2) is 6.37. The van der Waals surface area contributed by atoms with Gasteiger partial charge in [0, 0.05) is 12.6 Å². The number of carboxylic acid groups (broad SMARTS) is 1. The highest BCUT2D eigenvalue weighted by Crippen LogP contribution is 2.19. The topological polar surface area (TPSA) is 60.9 Å². The minimum absolute atomic E-state index is 0.0448. The summed E-state index contributed by atoms with van der Waals surface area (Å²) in [4.78, 5) is 27.2. The molecule has 1 fully saturated rings. The molecule has 1 heterocycles. The predicted octanol–water partition coefficient (Wildman–Crippen LogP) is 1.57. The van der Waals surface area contributed by atoms with Crippen LogP contribution < -0.4 is 0 Å². The fraction of sp³-hybridized carbons (Fsp3) is 0.857. The predicted molar refractivity (Wildman–Crippen MR) is 74.0 cm³/mol. The Morgan fingerprint density at radius 1 is 1.37 bits per heavy atom. The number of likely N-dealkylation sites (N-methyl/N-ethyl adjacent to an activating group) is 1. The largest absolute Gasteiger partial charge is 0.480 e. The van der Waals surface area contributed by atoms with E-state index in [2.05, 4.69) is 6.92 Å². The van der Waals surface area contributed by atoms with E-state index in [1.807, 2.05) is 11.8 Å². The Balaban J connectivity index is 2.70. The van der Waals surface area contributed by atoms with Crippen molar-refractivity contribution in [1.82, 2.24) is 9.80 Å². The smallest absolute Gasteiger partial charge is 0.323 e. The average molecular weight is 270 g/mol. The van der Waals surface area contributed by atoms with Gasteiger partial charge in [0.2, 0.25) is 5.91 Å². The zero-order chi connectivity index (χ0) is 14.6. The summed E-state index contributed by atoms with van der Waals surface area (Å²) in [5.41, 5.74) is -1.01. The number of piperidine rings is 1. The molecule has 0 spiro atoms. The van der Waals surface area contributed by atoms with Gasteiger partial charge < -0.3 is 10.0 Å². The minimum atomic E-state index is -1.01. The minimum Gasteiger partial charge on any atom is -0.480 e. The third-order valence-corrected chi connectivity index (χ3v) is 4.15. The lowest BCUT2D eigenvalue weighted by Crippen LogP contribution is -2.55. The molecule has 0 aromatic rings. The summed E-state index contributed by atoms with van der Waals surface area (Å²) in [7, 11) is 0. The molecular weight excluding hydrogens is 244 g/mol. The van der Waals surface area contributed by atoms with Crippen molar-refractivity contribution in [2.75, 3.05) is 19.6 Å². The Bertz CT molecular complexity index is 342. The molecule has 0 aliphatic carbocycles. The highest BCUT2D eigenvalue weighted by Gasteiger charge is 2.36. The van der Waals surface area contributed by atoms with Crippen LogP contribution in [-0.2, 0) is 9.59 Å². The van der Waals surface area contributed by atoms with E-state index in [0.717, 1.165) is 19.4 Å². The van der Waals surface area contributed by atoms with Gasteiger partial charge in [0.15, 0.2) is 0 Å². The normalized spacial score (nSPS) is 20.7. The number of aliphatic carboxylic acids is 1. The maximum atomic E-state index is 12.3. The van der Waals surface area contributed by atoms with Gasteiger partial charge >= 0.3 is 5.97 Å². The summed E-state index contributed by atoms with van der Waals surface area (Å²) in [6, 6.07) is 0.271.